The van der Waals surface area contributed by atoms with Gasteiger partial charge in [0.1, 0.15) is 5.60 Å². The van der Waals surface area contributed by atoms with Crippen LogP contribution in [-0.2, 0) is 11.2 Å². The Morgan fingerprint density at radius 2 is 1.92 bits per heavy atom. The normalized spacial score (nSPS) is 17.5. The lowest BCUT2D eigenvalue weighted by Crippen LogP contribution is -2.42. The second-order valence-electron chi connectivity index (χ2n) is 7.08. The van der Waals surface area contributed by atoms with E-state index in [0.717, 1.165) is 16.9 Å². The van der Waals surface area contributed by atoms with E-state index in [0.29, 0.717) is 13.0 Å². The van der Waals surface area contributed by atoms with Crippen LogP contribution in [0, 0.1) is 0 Å². The molecule has 1 atom stereocenters. The van der Waals surface area contributed by atoms with Crippen molar-refractivity contribution in [2.75, 3.05) is 6.54 Å². The number of rotatable bonds is 1. The zero-order valence-electron chi connectivity index (χ0n) is 14.5. The molecule has 2 aromatic rings. The molecule has 0 bridgehead atoms. The van der Waals surface area contributed by atoms with Gasteiger partial charge >= 0.3 is 6.09 Å². The number of fused-ring (bicyclic) bond motifs is 1. The summed E-state index contributed by atoms with van der Waals surface area (Å²) in [7, 11) is 0. The van der Waals surface area contributed by atoms with Gasteiger partial charge in [0.05, 0.1) is 17.4 Å². The van der Waals surface area contributed by atoms with Crippen molar-refractivity contribution in [2.45, 2.75) is 45.8 Å². The molecule has 24 heavy (non-hydrogen) atoms. The molecule has 0 saturated carbocycles. The fourth-order valence-electron chi connectivity index (χ4n) is 2.99. The lowest BCUT2D eigenvalue weighted by Gasteiger charge is -2.34. The highest BCUT2D eigenvalue weighted by atomic mass is 16.6. The Morgan fingerprint density at radius 1 is 1.25 bits per heavy atom. The largest absolute Gasteiger partial charge is 0.444 e. The van der Waals surface area contributed by atoms with E-state index in [9.17, 15) is 9.59 Å². The third-order valence-electron chi connectivity index (χ3n) is 4.15. The predicted octanol–water partition coefficient (Wildman–Crippen LogP) is 3.02. The van der Waals surface area contributed by atoms with Gasteiger partial charge in [0.2, 0.25) is 0 Å². The molecule has 0 saturated heterocycles. The molecule has 1 N–H and O–H groups in total. The zero-order valence-corrected chi connectivity index (χ0v) is 14.5. The van der Waals surface area contributed by atoms with Gasteiger partial charge in [-0.3, -0.25) is 14.8 Å². The molecule has 1 amide bonds. The molecule has 0 unspecified atom stereocenters. The molecule has 1 aromatic heterocycles. The summed E-state index contributed by atoms with van der Waals surface area (Å²) >= 11 is 0. The molecule has 0 spiro atoms. The monoisotopic (exact) mass is 329 g/mol. The summed E-state index contributed by atoms with van der Waals surface area (Å²) in [5.41, 5.74) is 1.72. The standard InChI is InChI=1S/C18H23N3O3/c1-12-15-14(10-11-20(12)17(23)24-18(2,3)4)16(22)21(19-15)13-8-6-5-7-9-13/h5-9,12,19H,10-11H2,1-4H3/t12-/m0/s1. The quantitative estimate of drug-likeness (QED) is 0.874. The third-order valence-corrected chi connectivity index (χ3v) is 4.15. The van der Waals surface area contributed by atoms with Gasteiger partial charge < -0.3 is 4.74 Å². The van der Waals surface area contributed by atoms with Crippen LogP contribution >= 0.6 is 0 Å². The maximum absolute atomic E-state index is 12.7. The number of hydrogen-bond donors (Lipinski definition) is 1. The number of para-hydroxylation sites is 1. The minimum absolute atomic E-state index is 0.0492. The first kappa shape index (κ1) is 16.4. The maximum Gasteiger partial charge on any atom is 0.410 e. The molecule has 0 aliphatic carbocycles. The van der Waals surface area contributed by atoms with Crippen LogP contribution in [0.3, 0.4) is 0 Å². The number of hydrogen-bond acceptors (Lipinski definition) is 3. The van der Waals surface area contributed by atoms with Crippen LogP contribution in [-0.4, -0.2) is 32.9 Å². The van der Waals surface area contributed by atoms with Crippen molar-refractivity contribution in [3.05, 3.63) is 51.9 Å². The van der Waals surface area contributed by atoms with Crippen LogP contribution in [0.1, 0.15) is 45.0 Å². The summed E-state index contributed by atoms with van der Waals surface area (Å²) in [5, 5.41) is 3.17. The maximum atomic E-state index is 12.7. The smallest absolute Gasteiger partial charge is 0.410 e. The van der Waals surface area contributed by atoms with E-state index in [4.69, 9.17) is 4.74 Å². The van der Waals surface area contributed by atoms with E-state index < -0.39 is 5.60 Å². The summed E-state index contributed by atoms with van der Waals surface area (Å²) in [6, 6.07) is 9.20. The van der Waals surface area contributed by atoms with Crippen molar-refractivity contribution in [1.29, 1.82) is 0 Å². The van der Waals surface area contributed by atoms with E-state index in [1.165, 1.54) is 0 Å². The number of aromatic nitrogens is 2. The number of benzene rings is 1. The van der Waals surface area contributed by atoms with Gasteiger partial charge in [0, 0.05) is 12.1 Å². The summed E-state index contributed by atoms with van der Waals surface area (Å²) in [4.78, 5) is 26.7. The molecule has 0 radical (unpaired) electrons. The van der Waals surface area contributed by atoms with Gasteiger partial charge in [-0.05, 0) is 46.2 Å². The molecule has 128 valence electrons. The average Bonchev–Trinajstić information content (AvgIpc) is 2.85. The lowest BCUT2D eigenvalue weighted by molar-refractivity contribution is 0.0155. The Morgan fingerprint density at radius 3 is 2.54 bits per heavy atom. The zero-order chi connectivity index (χ0) is 17.5. The lowest BCUT2D eigenvalue weighted by atomic mass is 10.0. The van der Waals surface area contributed by atoms with Crippen molar-refractivity contribution < 1.29 is 9.53 Å². The van der Waals surface area contributed by atoms with Crippen LogP contribution in [0.4, 0.5) is 4.79 Å². The van der Waals surface area contributed by atoms with E-state index in [-0.39, 0.29) is 17.7 Å². The summed E-state index contributed by atoms with van der Waals surface area (Å²) in [6.45, 7) is 7.92. The van der Waals surface area contributed by atoms with Gasteiger partial charge in [0.15, 0.2) is 0 Å². The first-order chi connectivity index (χ1) is 11.3. The highest BCUT2D eigenvalue weighted by Gasteiger charge is 2.34. The van der Waals surface area contributed by atoms with Crippen molar-refractivity contribution in [2.24, 2.45) is 0 Å². The molecule has 6 nitrogen and oxygen atoms in total. The van der Waals surface area contributed by atoms with E-state index in [1.807, 2.05) is 58.0 Å². The molecular weight excluding hydrogens is 306 g/mol. The van der Waals surface area contributed by atoms with E-state index >= 15 is 0 Å². The highest BCUT2D eigenvalue weighted by Crippen LogP contribution is 2.28. The van der Waals surface area contributed by atoms with Crippen LogP contribution in [0.15, 0.2) is 35.1 Å². The molecule has 1 aliphatic heterocycles. The Hall–Kier alpha value is -2.50. The Balaban J connectivity index is 1.93. The molecule has 6 heteroatoms. The first-order valence-corrected chi connectivity index (χ1v) is 8.17. The minimum atomic E-state index is -0.541. The third kappa shape index (κ3) is 2.96. The molecular formula is C18H23N3O3. The fourth-order valence-corrected chi connectivity index (χ4v) is 2.99. The summed E-state index contributed by atoms with van der Waals surface area (Å²) in [6.07, 6.45) is 0.169. The number of aromatic amines is 1. The number of nitrogens with one attached hydrogen (secondary N) is 1. The summed E-state index contributed by atoms with van der Waals surface area (Å²) in [5.74, 6) is 0. The number of H-pyrrole nitrogens is 1. The van der Waals surface area contributed by atoms with Gasteiger partial charge in [-0.1, -0.05) is 18.2 Å². The van der Waals surface area contributed by atoms with Gasteiger partial charge in [-0.25, -0.2) is 9.48 Å². The molecule has 0 fully saturated rings. The molecule has 1 aliphatic rings. The Kier molecular flexibility index (Phi) is 3.99. The van der Waals surface area contributed by atoms with Crippen molar-refractivity contribution >= 4 is 6.09 Å². The van der Waals surface area contributed by atoms with Crippen LogP contribution in [0.25, 0.3) is 5.69 Å². The van der Waals surface area contributed by atoms with Crippen LogP contribution in [0.2, 0.25) is 0 Å². The van der Waals surface area contributed by atoms with Gasteiger partial charge in [-0.15, -0.1) is 0 Å². The summed E-state index contributed by atoms with van der Waals surface area (Å²) < 4.78 is 7.01. The highest BCUT2D eigenvalue weighted by molar-refractivity contribution is 5.69. The minimum Gasteiger partial charge on any atom is -0.444 e. The number of carbonyl (C=O) groups is 1. The molecule has 2 heterocycles. The topological polar surface area (TPSA) is 67.3 Å². The van der Waals surface area contributed by atoms with Crippen LogP contribution in [0.5, 0.6) is 0 Å². The average molecular weight is 329 g/mol. The van der Waals surface area contributed by atoms with Gasteiger partial charge in [-0.2, -0.15) is 0 Å². The SMILES string of the molecule is C[C@H]1c2[nH]n(-c3ccccc3)c(=O)c2CCN1C(=O)OC(C)(C)C. The Bertz CT molecular complexity index is 799. The van der Waals surface area contributed by atoms with Crippen molar-refractivity contribution in [1.82, 2.24) is 14.7 Å². The second-order valence-corrected chi connectivity index (χ2v) is 7.08. The van der Waals surface area contributed by atoms with E-state index in [1.54, 1.807) is 9.58 Å². The van der Waals surface area contributed by atoms with Crippen LogP contribution < -0.4 is 5.56 Å². The van der Waals surface area contributed by atoms with Crippen molar-refractivity contribution in [3.8, 4) is 5.69 Å². The number of nitrogens with zero attached hydrogens (tertiary/aromatic N) is 2. The second kappa shape index (κ2) is 5.85. The van der Waals surface area contributed by atoms with Gasteiger partial charge in [0.25, 0.3) is 5.56 Å². The number of amides is 1. The predicted molar refractivity (Wildman–Crippen MR) is 91.4 cm³/mol. The molecule has 1 aromatic carbocycles. The Labute approximate surface area is 141 Å². The molecule has 3 rings (SSSR count). The number of ether oxygens (including phenoxy) is 1. The fraction of sp³-hybridized carbons (Fsp3) is 0.444. The van der Waals surface area contributed by atoms with Crippen molar-refractivity contribution in [3.63, 3.8) is 0 Å². The van der Waals surface area contributed by atoms with E-state index in [2.05, 4.69) is 5.10 Å². The first-order valence-electron chi connectivity index (χ1n) is 8.17. The number of carbonyl (C=O) groups excluding carboxylic acids is 1.